The van der Waals surface area contributed by atoms with Gasteiger partial charge in [0.25, 0.3) is 0 Å². The third-order valence-corrected chi connectivity index (χ3v) is 1.98. The summed E-state index contributed by atoms with van der Waals surface area (Å²) in [6.07, 6.45) is -1.78. The summed E-state index contributed by atoms with van der Waals surface area (Å²) in [5, 5.41) is 8.71. The Morgan fingerprint density at radius 1 is 1.35 bits per heavy atom. The number of carbonyl (C=O) groups is 1. The molecule has 17 heavy (non-hydrogen) atoms. The molecule has 0 bridgehead atoms. The smallest absolute Gasteiger partial charge is 0.416 e. The van der Waals surface area contributed by atoms with Crippen LogP contribution < -0.4 is 5.73 Å². The number of hydrogen-bond donors (Lipinski definition) is 2. The van der Waals surface area contributed by atoms with Crippen LogP contribution in [0.15, 0.2) is 24.3 Å². The minimum Gasteiger partial charge on any atom is -0.478 e. The topological polar surface area (TPSA) is 63.3 Å². The van der Waals surface area contributed by atoms with Gasteiger partial charge in [0.05, 0.1) is 11.1 Å². The van der Waals surface area contributed by atoms with E-state index in [0.717, 1.165) is 12.1 Å². The molecule has 1 aromatic rings. The van der Waals surface area contributed by atoms with Crippen LogP contribution in [0.4, 0.5) is 13.2 Å². The zero-order chi connectivity index (χ0) is 13.1. The molecule has 92 valence electrons. The van der Waals surface area contributed by atoms with Crippen molar-refractivity contribution in [1.29, 1.82) is 0 Å². The lowest BCUT2D eigenvalue weighted by Gasteiger charge is -2.08. The largest absolute Gasteiger partial charge is 0.478 e. The Labute approximate surface area is 95.4 Å². The number of benzene rings is 1. The molecule has 0 aliphatic carbocycles. The van der Waals surface area contributed by atoms with Crippen molar-refractivity contribution in [1.82, 2.24) is 0 Å². The Kier molecular flexibility index (Phi) is 3.90. The summed E-state index contributed by atoms with van der Waals surface area (Å²) in [4.78, 5) is 10.7. The first-order valence-electron chi connectivity index (χ1n) is 4.67. The van der Waals surface area contributed by atoms with E-state index < -0.39 is 23.3 Å². The molecule has 0 saturated carbocycles. The summed E-state index contributed by atoms with van der Waals surface area (Å²) >= 11 is 0. The van der Waals surface area contributed by atoms with Crippen LogP contribution in [-0.2, 0) is 6.18 Å². The van der Waals surface area contributed by atoms with Crippen molar-refractivity contribution < 1.29 is 23.1 Å². The van der Waals surface area contributed by atoms with E-state index >= 15 is 0 Å². The first-order chi connectivity index (χ1) is 7.84. The summed E-state index contributed by atoms with van der Waals surface area (Å²) in [6, 6.07) is 2.63. The predicted octanol–water partition coefficient (Wildman–Crippen LogP) is 2.38. The molecule has 0 saturated heterocycles. The van der Waals surface area contributed by atoms with Crippen LogP contribution in [0.5, 0.6) is 0 Å². The highest BCUT2D eigenvalue weighted by Gasteiger charge is 2.31. The van der Waals surface area contributed by atoms with E-state index in [-0.39, 0.29) is 12.1 Å². The molecule has 0 amide bonds. The van der Waals surface area contributed by atoms with E-state index in [2.05, 4.69) is 0 Å². The Morgan fingerprint density at radius 2 is 2.00 bits per heavy atom. The molecule has 0 radical (unpaired) electrons. The predicted molar refractivity (Wildman–Crippen MR) is 56.5 cm³/mol. The number of aromatic carboxylic acids is 1. The second kappa shape index (κ2) is 5.01. The van der Waals surface area contributed by atoms with Crippen molar-refractivity contribution in [3.8, 4) is 0 Å². The summed E-state index contributed by atoms with van der Waals surface area (Å²) in [6.45, 7) is 0.165. The molecule has 0 aliphatic heterocycles. The van der Waals surface area contributed by atoms with Crippen LogP contribution in [0.2, 0.25) is 0 Å². The fraction of sp³-hybridized carbons (Fsp3) is 0.182. The van der Waals surface area contributed by atoms with Crippen LogP contribution >= 0.6 is 0 Å². The first kappa shape index (κ1) is 13.2. The van der Waals surface area contributed by atoms with E-state index in [0.29, 0.717) is 6.07 Å². The molecule has 1 aromatic carbocycles. The van der Waals surface area contributed by atoms with Crippen LogP contribution in [0.25, 0.3) is 6.08 Å². The Hall–Kier alpha value is -1.82. The Morgan fingerprint density at radius 3 is 2.47 bits per heavy atom. The highest BCUT2D eigenvalue weighted by molar-refractivity contribution is 5.88. The van der Waals surface area contributed by atoms with Crippen molar-refractivity contribution in [3.05, 3.63) is 41.0 Å². The lowest BCUT2D eigenvalue weighted by molar-refractivity contribution is -0.137. The Balaban J connectivity index is 3.29. The third kappa shape index (κ3) is 3.60. The van der Waals surface area contributed by atoms with Crippen molar-refractivity contribution in [2.45, 2.75) is 6.18 Å². The van der Waals surface area contributed by atoms with Gasteiger partial charge in [-0.15, -0.1) is 0 Å². The molecule has 6 heteroatoms. The molecule has 0 unspecified atom stereocenters. The van der Waals surface area contributed by atoms with E-state index in [4.69, 9.17) is 10.8 Å². The van der Waals surface area contributed by atoms with Crippen molar-refractivity contribution in [3.63, 3.8) is 0 Å². The zero-order valence-electron chi connectivity index (χ0n) is 8.66. The molecular weight excluding hydrogens is 235 g/mol. The third-order valence-electron chi connectivity index (χ3n) is 1.98. The molecule has 1 rings (SSSR count). The molecule has 0 aliphatic rings. The van der Waals surface area contributed by atoms with E-state index in [1.54, 1.807) is 0 Å². The summed E-state index contributed by atoms with van der Waals surface area (Å²) in [5.74, 6) is -1.40. The molecule has 0 atom stereocenters. The van der Waals surface area contributed by atoms with Gasteiger partial charge in [0.2, 0.25) is 0 Å². The fourth-order valence-corrected chi connectivity index (χ4v) is 1.24. The zero-order valence-corrected chi connectivity index (χ0v) is 8.66. The number of hydrogen-bond acceptors (Lipinski definition) is 2. The highest BCUT2D eigenvalue weighted by Crippen LogP contribution is 2.31. The van der Waals surface area contributed by atoms with Crippen LogP contribution in [0, 0.1) is 0 Å². The van der Waals surface area contributed by atoms with Gasteiger partial charge in [-0.2, -0.15) is 13.2 Å². The van der Waals surface area contributed by atoms with Gasteiger partial charge < -0.3 is 10.8 Å². The van der Waals surface area contributed by atoms with Gasteiger partial charge >= 0.3 is 12.1 Å². The molecule has 0 aromatic heterocycles. The summed E-state index contributed by atoms with van der Waals surface area (Å²) < 4.78 is 37.5. The quantitative estimate of drug-likeness (QED) is 0.859. The van der Waals surface area contributed by atoms with Gasteiger partial charge in [-0.25, -0.2) is 4.79 Å². The SMILES string of the molecule is NCC=Cc1cc(C(=O)O)cc(C(F)(F)F)c1. The number of carboxylic acid groups (broad SMARTS) is 1. The second-order valence-corrected chi connectivity index (χ2v) is 3.28. The average molecular weight is 245 g/mol. The minimum absolute atomic E-state index is 0.155. The van der Waals surface area contributed by atoms with E-state index in [1.807, 2.05) is 0 Å². The maximum atomic E-state index is 12.5. The fourth-order valence-electron chi connectivity index (χ4n) is 1.24. The van der Waals surface area contributed by atoms with Crippen LogP contribution in [-0.4, -0.2) is 17.6 Å². The second-order valence-electron chi connectivity index (χ2n) is 3.28. The number of halogens is 3. The van der Waals surface area contributed by atoms with Gasteiger partial charge in [-0.1, -0.05) is 12.2 Å². The van der Waals surface area contributed by atoms with E-state index in [9.17, 15) is 18.0 Å². The highest BCUT2D eigenvalue weighted by atomic mass is 19.4. The standard InChI is InChI=1S/C11H10F3NO2/c12-11(13,14)9-5-7(2-1-3-15)4-8(6-9)10(16)17/h1-2,4-6H,3,15H2,(H,16,17). The maximum absolute atomic E-state index is 12.5. The van der Waals surface area contributed by atoms with Crippen molar-refractivity contribution in [2.24, 2.45) is 5.73 Å². The van der Waals surface area contributed by atoms with Gasteiger partial charge in [0.1, 0.15) is 0 Å². The van der Waals surface area contributed by atoms with Crippen molar-refractivity contribution >= 4 is 12.0 Å². The molecular formula is C11H10F3NO2. The monoisotopic (exact) mass is 245 g/mol. The van der Waals surface area contributed by atoms with Gasteiger partial charge in [0, 0.05) is 6.54 Å². The normalized spacial score (nSPS) is 12.0. The number of nitrogens with two attached hydrogens (primary N) is 1. The van der Waals surface area contributed by atoms with Crippen LogP contribution in [0.1, 0.15) is 21.5 Å². The minimum atomic E-state index is -4.57. The molecule has 0 spiro atoms. The van der Waals surface area contributed by atoms with E-state index in [1.165, 1.54) is 12.2 Å². The summed E-state index contributed by atoms with van der Waals surface area (Å²) in [7, 11) is 0. The van der Waals surface area contributed by atoms with Crippen LogP contribution in [0.3, 0.4) is 0 Å². The lowest BCUT2D eigenvalue weighted by Crippen LogP contribution is -2.08. The Bertz CT molecular complexity index is 453. The molecule has 3 nitrogen and oxygen atoms in total. The average Bonchev–Trinajstić information content (AvgIpc) is 2.24. The first-order valence-corrected chi connectivity index (χ1v) is 4.67. The maximum Gasteiger partial charge on any atom is 0.416 e. The van der Waals surface area contributed by atoms with Gasteiger partial charge in [-0.3, -0.25) is 0 Å². The summed E-state index contributed by atoms with van der Waals surface area (Å²) in [5.41, 5.74) is 3.93. The number of alkyl halides is 3. The number of rotatable bonds is 3. The van der Waals surface area contributed by atoms with Crippen molar-refractivity contribution in [2.75, 3.05) is 6.54 Å². The van der Waals surface area contributed by atoms with Gasteiger partial charge in [0.15, 0.2) is 0 Å². The molecule has 3 N–H and O–H groups in total. The number of carboxylic acids is 1. The molecule has 0 fully saturated rings. The lowest BCUT2D eigenvalue weighted by atomic mass is 10.0. The molecule has 0 heterocycles. The van der Waals surface area contributed by atoms with Gasteiger partial charge in [-0.05, 0) is 23.8 Å².